The maximum atomic E-state index is 12.0. The number of aromatic nitrogens is 1. The number of pyridine rings is 1. The lowest BCUT2D eigenvalue weighted by atomic mass is 10.0. The van der Waals surface area contributed by atoms with Crippen molar-refractivity contribution in [3.8, 4) is 0 Å². The summed E-state index contributed by atoms with van der Waals surface area (Å²) < 4.78 is 6.19. The van der Waals surface area contributed by atoms with Crippen LogP contribution in [0.4, 0.5) is 10.6 Å². The number of halogens is 1. The van der Waals surface area contributed by atoms with E-state index in [-0.39, 0.29) is 12.0 Å². The summed E-state index contributed by atoms with van der Waals surface area (Å²) in [6.45, 7) is 6.99. The van der Waals surface area contributed by atoms with Gasteiger partial charge in [0, 0.05) is 25.2 Å². The minimum Gasteiger partial charge on any atom is -0.444 e. The quantitative estimate of drug-likeness (QED) is 0.851. The Morgan fingerprint density at radius 2 is 2.25 bits per heavy atom. The molecule has 6 heteroatoms. The predicted octanol–water partition coefficient (Wildman–Crippen LogP) is 3.15. The third kappa shape index (κ3) is 3.62. The molecule has 1 atom stereocenters. The molecule has 2 heterocycles. The van der Waals surface area contributed by atoms with Crippen LogP contribution in [0, 0.1) is 0 Å². The first-order valence-corrected chi connectivity index (χ1v) is 7.44. The van der Waals surface area contributed by atoms with Gasteiger partial charge in [0.05, 0.1) is 4.47 Å². The number of carbonyl (C=O) groups excluding carboxylic acids is 1. The molecule has 2 N–H and O–H groups in total. The molecule has 0 saturated carbocycles. The second kappa shape index (κ2) is 5.60. The minimum atomic E-state index is -0.457. The van der Waals surface area contributed by atoms with E-state index >= 15 is 0 Å². The van der Waals surface area contributed by atoms with Crippen molar-refractivity contribution < 1.29 is 9.53 Å². The average molecular weight is 342 g/mol. The Bertz CT molecular complexity index is 514. The number of likely N-dealkylation sites (tertiary alicyclic amines) is 1. The zero-order chi connectivity index (χ0) is 14.9. The van der Waals surface area contributed by atoms with Crippen molar-refractivity contribution in [3.05, 3.63) is 22.3 Å². The Hall–Kier alpha value is -1.30. The third-order valence-corrected chi connectivity index (χ3v) is 3.84. The van der Waals surface area contributed by atoms with Crippen molar-refractivity contribution in [1.82, 2.24) is 9.88 Å². The van der Waals surface area contributed by atoms with Crippen LogP contribution in [0.3, 0.4) is 0 Å². The first-order chi connectivity index (χ1) is 9.26. The third-order valence-electron chi connectivity index (χ3n) is 3.20. The number of amides is 1. The Morgan fingerprint density at radius 3 is 2.85 bits per heavy atom. The van der Waals surface area contributed by atoms with Crippen LogP contribution in [0.5, 0.6) is 0 Å². The Balaban J connectivity index is 2.01. The van der Waals surface area contributed by atoms with E-state index in [1.165, 1.54) is 0 Å². The van der Waals surface area contributed by atoms with Crippen LogP contribution in [0.2, 0.25) is 0 Å². The summed E-state index contributed by atoms with van der Waals surface area (Å²) in [7, 11) is 0. The van der Waals surface area contributed by atoms with Crippen LogP contribution in [0.25, 0.3) is 0 Å². The van der Waals surface area contributed by atoms with Crippen molar-refractivity contribution in [2.24, 2.45) is 0 Å². The number of anilines is 1. The van der Waals surface area contributed by atoms with E-state index in [1.54, 1.807) is 11.1 Å². The van der Waals surface area contributed by atoms with E-state index in [4.69, 9.17) is 10.5 Å². The van der Waals surface area contributed by atoms with E-state index in [1.807, 2.05) is 26.8 Å². The summed E-state index contributed by atoms with van der Waals surface area (Å²) in [6.07, 6.45) is 2.45. The van der Waals surface area contributed by atoms with E-state index in [0.29, 0.717) is 18.9 Å². The highest BCUT2D eigenvalue weighted by atomic mass is 79.9. The standard InChI is InChI=1S/C14H20BrN3O2/c1-14(2,3)20-13(19)18-5-4-9(8-18)10-6-11(15)12(16)17-7-10/h6-7,9H,4-5,8H2,1-3H3,(H2,16,17). The molecular formula is C14H20BrN3O2. The molecule has 1 aliphatic heterocycles. The zero-order valence-corrected chi connectivity index (χ0v) is 13.6. The second-order valence-corrected chi connectivity index (χ2v) is 6.90. The molecule has 1 aromatic rings. The Kier molecular flexibility index (Phi) is 4.22. The summed E-state index contributed by atoms with van der Waals surface area (Å²) in [4.78, 5) is 17.9. The molecule has 1 aromatic heterocycles. The topological polar surface area (TPSA) is 68.5 Å². The molecule has 20 heavy (non-hydrogen) atoms. The highest BCUT2D eigenvalue weighted by Gasteiger charge is 2.30. The summed E-state index contributed by atoms with van der Waals surface area (Å²) in [5.41, 5.74) is 6.33. The lowest BCUT2D eigenvalue weighted by Crippen LogP contribution is -2.35. The fourth-order valence-electron chi connectivity index (χ4n) is 2.21. The monoisotopic (exact) mass is 341 g/mol. The first kappa shape index (κ1) is 15.1. The van der Waals surface area contributed by atoms with Gasteiger partial charge in [0.2, 0.25) is 0 Å². The van der Waals surface area contributed by atoms with Crippen LogP contribution < -0.4 is 5.73 Å². The van der Waals surface area contributed by atoms with Gasteiger partial charge in [0.15, 0.2) is 0 Å². The summed E-state index contributed by atoms with van der Waals surface area (Å²) in [5, 5.41) is 0. The van der Waals surface area contributed by atoms with Gasteiger partial charge in [-0.3, -0.25) is 0 Å². The van der Waals surface area contributed by atoms with Crippen LogP contribution in [0.1, 0.15) is 38.7 Å². The number of carbonyl (C=O) groups is 1. The van der Waals surface area contributed by atoms with Crippen molar-refractivity contribution in [1.29, 1.82) is 0 Å². The van der Waals surface area contributed by atoms with Gasteiger partial charge in [-0.05, 0) is 54.8 Å². The average Bonchev–Trinajstić information content (AvgIpc) is 2.80. The number of ether oxygens (including phenoxy) is 1. The number of nitrogens with zero attached hydrogens (tertiary/aromatic N) is 2. The van der Waals surface area contributed by atoms with Gasteiger partial charge in [-0.15, -0.1) is 0 Å². The van der Waals surface area contributed by atoms with Crippen LogP contribution in [-0.4, -0.2) is 34.7 Å². The number of hydrogen-bond donors (Lipinski definition) is 1. The number of nitrogens with two attached hydrogens (primary N) is 1. The summed E-state index contributed by atoms with van der Waals surface area (Å²) >= 11 is 3.38. The molecule has 0 aliphatic carbocycles. The van der Waals surface area contributed by atoms with E-state index in [0.717, 1.165) is 16.5 Å². The molecule has 0 spiro atoms. The van der Waals surface area contributed by atoms with E-state index in [9.17, 15) is 4.79 Å². The molecule has 110 valence electrons. The fourth-order valence-corrected chi connectivity index (χ4v) is 2.58. The second-order valence-electron chi connectivity index (χ2n) is 6.05. The van der Waals surface area contributed by atoms with Gasteiger partial charge in [-0.2, -0.15) is 0 Å². The number of rotatable bonds is 1. The highest BCUT2D eigenvalue weighted by molar-refractivity contribution is 9.10. The Labute approximate surface area is 127 Å². The molecule has 1 amide bonds. The lowest BCUT2D eigenvalue weighted by Gasteiger charge is -2.24. The number of hydrogen-bond acceptors (Lipinski definition) is 4. The molecule has 0 radical (unpaired) electrons. The molecule has 1 saturated heterocycles. The molecule has 1 aliphatic rings. The molecule has 1 unspecified atom stereocenters. The van der Waals surface area contributed by atoms with Gasteiger partial charge in [0.1, 0.15) is 11.4 Å². The van der Waals surface area contributed by atoms with Crippen molar-refractivity contribution in [2.45, 2.75) is 38.7 Å². The largest absolute Gasteiger partial charge is 0.444 e. The van der Waals surface area contributed by atoms with Gasteiger partial charge in [-0.1, -0.05) is 0 Å². The van der Waals surface area contributed by atoms with Crippen LogP contribution >= 0.6 is 15.9 Å². The van der Waals surface area contributed by atoms with Crippen molar-refractivity contribution in [3.63, 3.8) is 0 Å². The number of nitrogen functional groups attached to an aromatic ring is 1. The lowest BCUT2D eigenvalue weighted by molar-refractivity contribution is 0.0292. The molecular weight excluding hydrogens is 322 g/mol. The van der Waals surface area contributed by atoms with Gasteiger partial charge in [0.25, 0.3) is 0 Å². The predicted molar refractivity (Wildman–Crippen MR) is 81.5 cm³/mol. The van der Waals surface area contributed by atoms with E-state index < -0.39 is 5.60 Å². The fraction of sp³-hybridized carbons (Fsp3) is 0.571. The van der Waals surface area contributed by atoms with Gasteiger partial charge >= 0.3 is 6.09 Å². The molecule has 0 bridgehead atoms. The minimum absolute atomic E-state index is 0.248. The maximum absolute atomic E-state index is 12.0. The van der Waals surface area contributed by atoms with Crippen LogP contribution in [0.15, 0.2) is 16.7 Å². The molecule has 1 fully saturated rings. The van der Waals surface area contributed by atoms with Gasteiger partial charge in [-0.25, -0.2) is 9.78 Å². The summed E-state index contributed by atoms with van der Waals surface area (Å²) in [5.74, 6) is 0.766. The van der Waals surface area contributed by atoms with Crippen molar-refractivity contribution in [2.75, 3.05) is 18.8 Å². The molecule has 0 aromatic carbocycles. The zero-order valence-electron chi connectivity index (χ0n) is 12.0. The SMILES string of the molecule is CC(C)(C)OC(=O)N1CCC(c2cnc(N)c(Br)c2)C1. The highest BCUT2D eigenvalue weighted by Crippen LogP contribution is 2.30. The molecule has 5 nitrogen and oxygen atoms in total. The van der Waals surface area contributed by atoms with Crippen molar-refractivity contribution >= 4 is 27.8 Å². The first-order valence-electron chi connectivity index (χ1n) is 6.65. The summed E-state index contributed by atoms with van der Waals surface area (Å²) in [6, 6.07) is 1.98. The van der Waals surface area contributed by atoms with Crippen LogP contribution in [-0.2, 0) is 4.74 Å². The molecule has 2 rings (SSSR count). The maximum Gasteiger partial charge on any atom is 0.410 e. The normalized spacial score (nSPS) is 19.2. The van der Waals surface area contributed by atoms with E-state index in [2.05, 4.69) is 20.9 Å². The Morgan fingerprint density at radius 1 is 1.55 bits per heavy atom. The van der Waals surface area contributed by atoms with Gasteiger partial charge < -0.3 is 15.4 Å². The smallest absolute Gasteiger partial charge is 0.410 e.